The van der Waals surface area contributed by atoms with Gasteiger partial charge in [0, 0.05) is 22.9 Å². The predicted octanol–water partition coefficient (Wildman–Crippen LogP) is -1.36. The van der Waals surface area contributed by atoms with Crippen molar-refractivity contribution in [2.75, 3.05) is 26.4 Å². The zero-order valence-electron chi connectivity index (χ0n) is 19.2. The Morgan fingerprint density at radius 1 is 0.784 bits per heavy atom. The maximum absolute atomic E-state index is 12.2. The summed E-state index contributed by atoms with van der Waals surface area (Å²) < 4.78 is 40.4. The maximum Gasteiger partial charge on any atom is 0.472 e. The third-order valence-corrected chi connectivity index (χ3v) is 4.81. The molecule has 0 fully saturated rings. The molecular weight excluding hydrogens is 599 g/mol. The monoisotopic (exact) mass is 624 g/mol. The van der Waals surface area contributed by atoms with Crippen molar-refractivity contribution in [1.29, 1.82) is 0 Å². The molecule has 0 aliphatic rings. The molecule has 0 aliphatic heterocycles. The smallest absolute Gasteiger partial charge is 0.472 e. The maximum atomic E-state index is 12.2. The molecule has 18 nitrogen and oxygen atoms in total. The lowest BCUT2D eigenvalue weighted by molar-refractivity contribution is -0.164. The van der Waals surface area contributed by atoms with Crippen LogP contribution in [0.4, 0.5) is 4.79 Å². The van der Waals surface area contributed by atoms with Crippen LogP contribution in [0.1, 0.15) is 19.8 Å². The third-order valence-electron chi connectivity index (χ3n) is 3.67. The first-order chi connectivity index (χ1) is 17.0. The minimum absolute atomic E-state index is 0.541. The van der Waals surface area contributed by atoms with Gasteiger partial charge in [0.15, 0.2) is 12.2 Å². The molecule has 0 amide bonds. The van der Waals surface area contributed by atoms with Crippen molar-refractivity contribution in [3.8, 4) is 0 Å². The molecule has 0 saturated heterocycles. The number of phosphoric ester groups is 1. The van der Waals surface area contributed by atoms with E-state index >= 15 is 0 Å². The molecule has 0 aromatic carbocycles. The van der Waals surface area contributed by atoms with Crippen LogP contribution in [0.5, 0.6) is 0 Å². The Kier molecular flexibility index (Phi) is 15.7. The van der Waals surface area contributed by atoms with E-state index in [2.05, 4.69) is 29.7 Å². The minimum Gasteiger partial charge on any atom is -0.481 e. The molecule has 0 aliphatic carbocycles. The Balaban J connectivity index is 5.22. The number of ether oxygens (including phenoxy) is 4. The normalized spacial score (nSPS) is 15.7. The number of hydrogen-bond donors (Lipinski definition) is 5. The van der Waals surface area contributed by atoms with Crippen molar-refractivity contribution in [1.82, 2.24) is 0 Å². The molecule has 20 heteroatoms. The fourth-order valence-electron chi connectivity index (χ4n) is 2.04. The van der Waals surface area contributed by atoms with E-state index in [1.807, 2.05) is 0 Å². The van der Waals surface area contributed by atoms with E-state index < -0.39 is 106 Å². The Hall–Kier alpha value is -2.67. The molecule has 0 spiro atoms. The fraction of sp³-hybridized carbons (Fsp3) is 0.647. The van der Waals surface area contributed by atoms with Gasteiger partial charge in [-0.15, -0.1) is 0 Å². The zero-order valence-corrected chi connectivity index (χ0v) is 21.7. The molecule has 0 aromatic rings. The number of carboxylic acids is 2. The van der Waals surface area contributed by atoms with Gasteiger partial charge in [-0.3, -0.25) is 33.0 Å². The predicted molar refractivity (Wildman–Crippen MR) is 119 cm³/mol. The lowest BCUT2D eigenvalue weighted by atomic mass is 10.2. The van der Waals surface area contributed by atoms with Gasteiger partial charge in [0.1, 0.15) is 25.3 Å². The standard InChI is InChI=1S/C17H26BrN2O16P/c1-8(21)31-4-10(36-17(18)28)7-34-37(29,30)33-6-9(35-16(27)12(20)3-14(24)25)5-32-15(26)11(19)2-13(22)23/h9-12H,2-7,19-20H2,1H3,(H,22,23)(H,24,25)(H,29,30)/t9?,10-,11+,12+/m1/s1. The summed E-state index contributed by atoms with van der Waals surface area (Å²) in [6.45, 7) is -2.13. The number of carbonyl (C=O) groups is 6. The molecule has 0 rings (SSSR count). The summed E-state index contributed by atoms with van der Waals surface area (Å²) >= 11 is 2.46. The quantitative estimate of drug-likeness (QED) is 0.0509. The Bertz CT molecular complexity index is 885. The summed E-state index contributed by atoms with van der Waals surface area (Å²) in [4.78, 5) is 76.0. The summed E-state index contributed by atoms with van der Waals surface area (Å²) in [5.74, 6) is -6.13. The van der Waals surface area contributed by atoms with Crippen LogP contribution in [0.15, 0.2) is 0 Å². The van der Waals surface area contributed by atoms with Gasteiger partial charge in [0.25, 0.3) is 0 Å². The number of halogens is 1. The highest BCUT2D eigenvalue weighted by Crippen LogP contribution is 2.43. The van der Waals surface area contributed by atoms with Gasteiger partial charge in [-0.1, -0.05) is 0 Å². The Labute approximate surface area is 217 Å². The third kappa shape index (κ3) is 17.4. The molecule has 212 valence electrons. The fourth-order valence-corrected chi connectivity index (χ4v) is 3.09. The average Bonchev–Trinajstić information content (AvgIpc) is 2.75. The molecule has 0 saturated carbocycles. The number of aliphatic carboxylic acids is 2. The largest absolute Gasteiger partial charge is 0.481 e. The number of rotatable bonds is 18. The van der Waals surface area contributed by atoms with Crippen molar-refractivity contribution >= 4 is 58.5 Å². The van der Waals surface area contributed by atoms with E-state index in [4.69, 9.17) is 35.9 Å². The van der Waals surface area contributed by atoms with Crippen LogP contribution >= 0.6 is 23.8 Å². The summed E-state index contributed by atoms with van der Waals surface area (Å²) in [6.07, 6.45) is -4.63. The highest BCUT2D eigenvalue weighted by Gasteiger charge is 2.30. The first-order valence-corrected chi connectivity index (χ1v) is 12.2. The summed E-state index contributed by atoms with van der Waals surface area (Å²) in [6, 6.07) is -3.26. The van der Waals surface area contributed by atoms with Gasteiger partial charge in [-0.2, -0.15) is 0 Å². The number of carbonyl (C=O) groups excluding carboxylic acids is 4. The topological polar surface area (TPSA) is 288 Å². The Morgan fingerprint density at radius 2 is 1.22 bits per heavy atom. The number of phosphoric acid groups is 1. The van der Waals surface area contributed by atoms with Gasteiger partial charge in [-0.25, -0.2) is 9.36 Å². The van der Waals surface area contributed by atoms with E-state index in [9.17, 15) is 38.2 Å². The molecular formula is C17H26BrN2O16P. The highest BCUT2D eigenvalue weighted by atomic mass is 79.9. The minimum atomic E-state index is -4.97. The molecule has 5 atom stereocenters. The van der Waals surface area contributed by atoms with Crippen LogP contribution in [-0.2, 0) is 56.5 Å². The number of nitrogens with two attached hydrogens (primary N) is 2. The van der Waals surface area contributed by atoms with Gasteiger partial charge in [0.05, 0.1) is 26.1 Å². The highest BCUT2D eigenvalue weighted by molar-refractivity contribution is 9.18. The molecule has 37 heavy (non-hydrogen) atoms. The van der Waals surface area contributed by atoms with Crippen LogP contribution in [0, 0.1) is 0 Å². The second kappa shape index (κ2) is 17.0. The van der Waals surface area contributed by atoms with E-state index in [1.165, 1.54) is 0 Å². The van der Waals surface area contributed by atoms with Crippen molar-refractivity contribution in [3.05, 3.63) is 0 Å². The van der Waals surface area contributed by atoms with Gasteiger partial charge >= 0.3 is 42.5 Å². The van der Waals surface area contributed by atoms with E-state index in [-0.39, 0.29) is 0 Å². The van der Waals surface area contributed by atoms with Crippen LogP contribution in [0.3, 0.4) is 0 Å². The first-order valence-electron chi connectivity index (χ1n) is 9.95. The summed E-state index contributed by atoms with van der Waals surface area (Å²) in [5.41, 5.74) is 10.7. The summed E-state index contributed by atoms with van der Waals surface area (Å²) in [5, 5.41) is 17.4. The molecule has 0 bridgehead atoms. The second-order valence-electron chi connectivity index (χ2n) is 6.94. The Morgan fingerprint density at radius 3 is 1.65 bits per heavy atom. The van der Waals surface area contributed by atoms with Gasteiger partial charge in [0.2, 0.25) is 0 Å². The molecule has 7 N–H and O–H groups in total. The molecule has 0 aromatic heterocycles. The van der Waals surface area contributed by atoms with Crippen LogP contribution in [-0.4, -0.2) is 101 Å². The van der Waals surface area contributed by atoms with Gasteiger partial charge in [-0.05, 0) is 0 Å². The average molecular weight is 625 g/mol. The van der Waals surface area contributed by atoms with Crippen LogP contribution in [0.25, 0.3) is 0 Å². The lowest BCUT2D eigenvalue weighted by Gasteiger charge is -2.22. The van der Waals surface area contributed by atoms with Gasteiger partial charge < -0.3 is 45.5 Å². The van der Waals surface area contributed by atoms with Crippen molar-refractivity contribution in [3.63, 3.8) is 0 Å². The summed E-state index contributed by atoms with van der Waals surface area (Å²) in [7, 11) is -4.97. The number of carboxylic acid groups (broad SMARTS) is 2. The van der Waals surface area contributed by atoms with Crippen molar-refractivity contribution < 1.29 is 76.4 Å². The van der Waals surface area contributed by atoms with E-state index in [0.717, 1.165) is 6.92 Å². The molecule has 0 heterocycles. The van der Waals surface area contributed by atoms with E-state index in [1.54, 1.807) is 0 Å². The van der Waals surface area contributed by atoms with Crippen LogP contribution in [0.2, 0.25) is 0 Å². The SMILES string of the molecule is CC(=O)OC[C@H](COP(=O)(O)OCC(COC(=O)[C@@H](N)CC(=O)O)OC(=O)[C@@H](N)CC(=O)O)OC(=O)Br. The number of esters is 3. The second-order valence-corrected chi connectivity index (χ2v) is 9.04. The van der Waals surface area contributed by atoms with Crippen LogP contribution < -0.4 is 11.5 Å². The van der Waals surface area contributed by atoms with Crippen molar-refractivity contribution in [2.24, 2.45) is 11.5 Å². The van der Waals surface area contributed by atoms with E-state index in [0.29, 0.717) is 0 Å². The number of hydrogen-bond acceptors (Lipinski definition) is 15. The molecule has 2 unspecified atom stereocenters. The van der Waals surface area contributed by atoms with Crippen molar-refractivity contribution in [2.45, 2.75) is 44.1 Å². The zero-order chi connectivity index (χ0) is 28.8. The lowest BCUT2D eigenvalue weighted by Crippen LogP contribution is -2.41. The first kappa shape index (κ1) is 34.3. The molecule has 0 radical (unpaired) electrons.